The number of rotatable bonds is 7. The molecule has 12 aromatic rings. The minimum absolute atomic E-state index is 0.144. The predicted molar refractivity (Wildman–Crippen MR) is 249 cm³/mol. The summed E-state index contributed by atoms with van der Waals surface area (Å²) in [6, 6.07) is 28.7. The van der Waals surface area contributed by atoms with Crippen LogP contribution in [0.1, 0.15) is 5.56 Å². The molecule has 0 amide bonds. The molecule has 0 unspecified atom stereocenters. The van der Waals surface area contributed by atoms with Crippen LogP contribution in [0.3, 0.4) is 0 Å². The van der Waals surface area contributed by atoms with E-state index in [0.29, 0.717) is 95.2 Å². The Hall–Kier alpha value is -9.32. The molecule has 0 aliphatic rings. The van der Waals surface area contributed by atoms with Gasteiger partial charge in [-0.2, -0.15) is 13.2 Å². The second kappa shape index (κ2) is 16.4. The van der Waals surface area contributed by atoms with Crippen LogP contribution in [0, 0.1) is 29.1 Å². The van der Waals surface area contributed by atoms with Crippen LogP contribution >= 0.6 is 0 Å². The fraction of sp³-hybridized carbons (Fsp3) is 0.0189. The molecule has 18 heteroatoms. The molecule has 0 aliphatic carbocycles. The van der Waals surface area contributed by atoms with Crippen molar-refractivity contribution in [2.75, 3.05) is 0 Å². The van der Waals surface area contributed by atoms with E-state index in [0.717, 1.165) is 6.07 Å². The van der Waals surface area contributed by atoms with E-state index < -0.39 is 52.0 Å². The average molecular weight is 955 g/mol. The summed E-state index contributed by atoms with van der Waals surface area (Å²) in [6.45, 7) is 0. The summed E-state index contributed by atoms with van der Waals surface area (Å²) in [7, 11) is 0. The fourth-order valence-electron chi connectivity index (χ4n) is 9.13. The monoisotopic (exact) mass is 954 g/mol. The first-order chi connectivity index (χ1) is 34.4. The quantitative estimate of drug-likeness (QED) is 0.0882. The molecule has 0 spiro atoms. The van der Waals surface area contributed by atoms with Crippen LogP contribution in [0.15, 0.2) is 159 Å². The SMILES string of the molecule is Fc1c(F)c(F)c(-c2cc(-n3c4ccc(-c5ncccn5)cc4c4cc(-c5ncccn5)ccc43)c(-n3c4ccc(-c5ncccn5)cc4c4cc(-c5ncccn5)ccc43)cc2C(F)(F)F)c(F)c1F. The van der Waals surface area contributed by atoms with E-state index in [1.54, 1.807) is 156 Å². The number of nitrogens with zero attached hydrogens (tertiary/aromatic N) is 10. The molecule has 10 nitrogen and oxygen atoms in total. The van der Waals surface area contributed by atoms with Crippen molar-refractivity contribution < 1.29 is 35.1 Å². The smallest absolute Gasteiger partial charge is 0.307 e. The van der Waals surface area contributed by atoms with Crippen molar-refractivity contribution in [1.29, 1.82) is 0 Å². The van der Waals surface area contributed by atoms with Crippen molar-refractivity contribution in [3.63, 3.8) is 0 Å². The zero-order chi connectivity index (χ0) is 48.7. The number of alkyl halides is 3. The lowest BCUT2D eigenvalue weighted by Gasteiger charge is -2.23. The molecular weight excluding hydrogens is 929 g/mol. The zero-order valence-corrected chi connectivity index (χ0v) is 36.0. The molecule has 344 valence electrons. The third-order valence-electron chi connectivity index (χ3n) is 12.2. The standard InChI is InChI=1S/C53H26F8N10/c54-44-43(45(55)47(57)48(58)46(44)56)35-25-41(70-37-9-5-27(49-62-13-1-14-63-49)21-31(37)32-22-28(6-10-38(32)70)50-64-15-2-16-65-50)42(26-36(35)53(59,60)61)71-39-11-7-29(51-66-17-3-18-67-51)23-33(39)34-24-30(8-12-40(34)71)52-68-19-4-20-69-52/h1-26H. The number of benzene rings is 6. The number of aromatic nitrogens is 10. The molecule has 0 saturated carbocycles. The molecule has 12 rings (SSSR count). The third-order valence-corrected chi connectivity index (χ3v) is 12.2. The van der Waals surface area contributed by atoms with Gasteiger partial charge in [-0.15, -0.1) is 0 Å². The lowest BCUT2D eigenvalue weighted by Crippen LogP contribution is -2.14. The second-order valence-corrected chi connectivity index (χ2v) is 16.2. The van der Waals surface area contributed by atoms with Gasteiger partial charge in [0.25, 0.3) is 0 Å². The van der Waals surface area contributed by atoms with Crippen molar-refractivity contribution in [2.24, 2.45) is 0 Å². The first-order valence-corrected chi connectivity index (χ1v) is 21.5. The van der Waals surface area contributed by atoms with Crippen LogP contribution in [0.4, 0.5) is 35.1 Å². The molecule has 0 N–H and O–H groups in total. The van der Waals surface area contributed by atoms with Gasteiger partial charge in [0.2, 0.25) is 5.82 Å². The summed E-state index contributed by atoms with van der Waals surface area (Å²) in [6.07, 6.45) is 7.07. The van der Waals surface area contributed by atoms with E-state index in [2.05, 4.69) is 39.9 Å². The Morgan fingerprint density at radius 1 is 0.338 bits per heavy atom. The summed E-state index contributed by atoms with van der Waals surface area (Å²) < 4.78 is 128. The van der Waals surface area contributed by atoms with E-state index in [9.17, 15) is 4.39 Å². The summed E-state index contributed by atoms with van der Waals surface area (Å²) >= 11 is 0. The van der Waals surface area contributed by atoms with Gasteiger partial charge in [0.1, 0.15) is 0 Å². The minimum atomic E-state index is -5.44. The molecule has 0 saturated heterocycles. The summed E-state index contributed by atoms with van der Waals surface area (Å²) in [5, 5.41) is 2.09. The van der Waals surface area contributed by atoms with Gasteiger partial charge >= 0.3 is 6.18 Å². The van der Waals surface area contributed by atoms with Gasteiger partial charge in [0, 0.05) is 98.9 Å². The highest BCUT2D eigenvalue weighted by molar-refractivity contribution is 6.14. The van der Waals surface area contributed by atoms with Crippen molar-refractivity contribution >= 4 is 43.6 Å². The molecule has 71 heavy (non-hydrogen) atoms. The van der Waals surface area contributed by atoms with Crippen LogP contribution in [-0.2, 0) is 6.18 Å². The van der Waals surface area contributed by atoms with Crippen molar-refractivity contribution in [1.82, 2.24) is 49.0 Å². The maximum Gasteiger partial charge on any atom is 0.417 e. The van der Waals surface area contributed by atoms with Gasteiger partial charge in [-0.05, 0) is 109 Å². The van der Waals surface area contributed by atoms with Crippen LogP contribution < -0.4 is 0 Å². The molecule has 6 aromatic carbocycles. The van der Waals surface area contributed by atoms with Crippen molar-refractivity contribution in [3.05, 3.63) is 193 Å². The van der Waals surface area contributed by atoms with E-state index in [1.165, 1.54) is 0 Å². The minimum Gasteiger partial charge on any atom is -0.307 e. The summed E-state index contributed by atoms with van der Waals surface area (Å²) in [5.41, 5.74) is -1.40. The largest absolute Gasteiger partial charge is 0.417 e. The molecule has 6 heterocycles. The Morgan fingerprint density at radius 3 is 0.915 bits per heavy atom. The Kier molecular flexibility index (Phi) is 9.95. The van der Waals surface area contributed by atoms with Crippen LogP contribution in [0.5, 0.6) is 0 Å². The normalized spacial score (nSPS) is 11.9. The Bertz CT molecular complexity index is 3870. The van der Waals surface area contributed by atoms with Gasteiger partial charge in [-0.3, -0.25) is 0 Å². The second-order valence-electron chi connectivity index (χ2n) is 16.2. The van der Waals surface area contributed by atoms with Gasteiger partial charge in [0.05, 0.1) is 44.6 Å². The maximum atomic E-state index is 16.0. The van der Waals surface area contributed by atoms with Gasteiger partial charge < -0.3 is 9.13 Å². The third kappa shape index (κ3) is 7.01. The number of fused-ring (bicyclic) bond motifs is 6. The van der Waals surface area contributed by atoms with Crippen molar-refractivity contribution in [3.8, 4) is 68.1 Å². The molecule has 0 aliphatic heterocycles. The van der Waals surface area contributed by atoms with E-state index >= 15 is 30.7 Å². The van der Waals surface area contributed by atoms with Crippen molar-refractivity contribution in [2.45, 2.75) is 6.18 Å². The molecule has 0 bridgehead atoms. The molecule has 0 fully saturated rings. The lowest BCUT2D eigenvalue weighted by molar-refractivity contribution is -0.137. The fourth-order valence-corrected chi connectivity index (χ4v) is 9.13. The number of halogens is 8. The average Bonchev–Trinajstić information content (AvgIpc) is 3.91. The molecule has 6 aromatic heterocycles. The van der Waals surface area contributed by atoms with Gasteiger partial charge in [0.15, 0.2) is 46.6 Å². The molecular formula is C53H26F8N10. The zero-order valence-electron chi connectivity index (χ0n) is 36.0. The first-order valence-electron chi connectivity index (χ1n) is 21.5. The van der Waals surface area contributed by atoms with Gasteiger partial charge in [-0.1, -0.05) is 0 Å². The van der Waals surface area contributed by atoms with Gasteiger partial charge in [-0.25, -0.2) is 61.8 Å². The van der Waals surface area contributed by atoms with E-state index in [-0.39, 0.29) is 11.4 Å². The molecule has 0 radical (unpaired) electrons. The highest BCUT2D eigenvalue weighted by Crippen LogP contribution is 2.47. The number of hydrogen-bond acceptors (Lipinski definition) is 8. The van der Waals surface area contributed by atoms with Crippen LogP contribution in [-0.4, -0.2) is 49.0 Å². The summed E-state index contributed by atoms with van der Waals surface area (Å²) in [5.74, 6) is -10.8. The predicted octanol–water partition coefficient (Wildman–Crippen LogP) is 13.1. The Morgan fingerprint density at radius 2 is 0.620 bits per heavy atom. The van der Waals surface area contributed by atoms with Crippen LogP contribution in [0.25, 0.3) is 112 Å². The Labute approximate surface area is 394 Å². The van der Waals surface area contributed by atoms with E-state index in [1.807, 2.05) is 0 Å². The highest BCUT2D eigenvalue weighted by Gasteiger charge is 2.39. The molecule has 0 atom stereocenters. The van der Waals surface area contributed by atoms with E-state index in [4.69, 9.17) is 0 Å². The lowest BCUT2D eigenvalue weighted by atomic mass is 9.95. The first kappa shape index (κ1) is 43.0. The maximum absolute atomic E-state index is 16.0. The Balaban J connectivity index is 1.25. The summed E-state index contributed by atoms with van der Waals surface area (Å²) in [4.78, 5) is 35.3. The highest BCUT2D eigenvalue weighted by atomic mass is 19.4. The topological polar surface area (TPSA) is 113 Å². The van der Waals surface area contributed by atoms with Crippen LogP contribution in [0.2, 0.25) is 0 Å². The number of hydrogen-bond donors (Lipinski definition) is 0.